The standard InChI is InChI=1S/C25H28N4O3/c1-31-21-10-8-19(9-11-21)22-17-28(26-25(22)27-13-15-32-16-14-27)18-24(30)29-12-4-6-20-5-2-3-7-23(20)29/h2-3,5,7-11,17H,4,6,12-16,18H2,1H3. The summed E-state index contributed by atoms with van der Waals surface area (Å²) in [7, 11) is 1.66. The van der Waals surface area contributed by atoms with Crippen molar-refractivity contribution in [2.75, 3.05) is 49.8 Å². The molecule has 2 aromatic carbocycles. The Morgan fingerprint density at radius 1 is 1.06 bits per heavy atom. The van der Waals surface area contributed by atoms with E-state index in [0.29, 0.717) is 13.2 Å². The van der Waals surface area contributed by atoms with E-state index < -0.39 is 0 Å². The lowest BCUT2D eigenvalue weighted by Crippen LogP contribution is -2.38. The molecule has 0 unspecified atom stereocenters. The number of carbonyl (C=O) groups excluding carboxylic acids is 1. The third-order valence-electron chi connectivity index (χ3n) is 6.16. The van der Waals surface area contributed by atoms with Crippen molar-refractivity contribution in [3.63, 3.8) is 0 Å². The Hall–Kier alpha value is -3.32. The van der Waals surface area contributed by atoms with E-state index >= 15 is 0 Å². The molecule has 2 aliphatic heterocycles. The number of benzene rings is 2. The van der Waals surface area contributed by atoms with Crippen LogP contribution in [0.15, 0.2) is 54.7 Å². The quantitative estimate of drug-likeness (QED) is 0.619. The first kappa shape index (κ1) is 20.6. The lowest BCUT2D eigenvalue weighted by molar-refractivity contribution is -0.119. The van der Waals surface area contributed by atoms with Crippen molar-refractivity contribution in [1.82, 2.24) is 9.78 Å². The number of carbonyl (C=O) groups is 1. The van der Waals surface area contributed by atoms with Crippen molar-refractivity contribution in [1.29, 1.82) is 0 Å². The molecule has 1 aromatic heterocycles. The summed E-state index contributed by atoms with van der Waals surface area (Å²) in [6, 6.07) is 16.2. The summed E-state index contributed by atoms with van der Waals surface area (Å²) in [5.74, 6) is 1.77. The summed E-state index contributed by atoms with van der Waals surface area (Å²) in [5, 5.41) is 4.85. The lowest BCUT2D eigenvalue weighted by Gasteiger charge is -2.29. The van der Waals surface area contributed by atoms with E-state index in [-0.39, 0.29) is 12.5 Å². The molecular weight excluding hydrogens is 404 g/mol. The van der Waals surface area contributed by atoms with Gasteiger partial charge in [0.15, 0.2) is 5.82 Å². The van der Waals surface area contributed by atoms with E-state index in [0.717, 1.165) is 60.9 Å². The van der Waals surface area contributed by atoms with Gasteiger partial charge in [-0.3, -0.25) is 9.48 Å². The second kappa shape index (κ2) is 9.04. The molecule has 32 heavy (non-hydrogen) atoms. The van der Waals surface area contributed by atoms with Crippen molar-refractivity contribution in [3.8, 4) is 16.9 Å². The number of aromatic nitrogens is 2. The highest BCUT2D eigenvalue weighted by atomic mass is 16.5. The Bertz CT molecular complexity index is 1090. The van der Waals surface area contributed by atoms with Gasteiger partial charge >= 0.3 is 0 Å². The number of rotatable bonds is 5. The van der Waals surface area contributed by atoms with Crippen LogP contribution in [0.5, 0.6) is 5.75 Å². The average Bonchev–Trinajstić information content (AvgIpc) is 3.28. The van der Waals surface area contributed by atoms with E-state index in [1.54, 1.807) is 11.8 Å². The van der Waals surface area contributed by atoms with Crippen molar-refractivity contribution < 1.29 is 14.3 Å². The van der Waals surface area contributed by atoms with Gasteiger partial charge in [0, 0.05) is 37.1 Å². The fourth-order valence-corrected chi connectivity index (χ4v) is 4.49. The highest BCUT2D eigenvalue weighted by molar-refractivity contribution is 5.94. The number of hydrogen-bond acceptors (Lipinski definition) is 5. The van der Waals surface area contributed by atoms with Crippen LogP contribution in [0.1, 0.15) is 12.0 Å². The molecule has 3 aromatic rings. The fourth-order valence-electron chi connectivity index (χ4n) is 4.49. The summed E-state index contributed by atoms with van der Waals surface area (Å²) in [4.78, 5) is 17.4. The first-order valence-corrected chi connectivity index (χ1v) is 11.2. The molecule has 1 amide bonds. The Morgan fingerprint density at radius 3 is 2.62 bits per heavy atom. The number of morpholine rings is 1. The number of amides is 1. The predicted molar refractivity (Wildman–Crippen MR) is 124 cm³/mol. The van der Waals surface area contributed by atoms with Gasteiger partial charge in [-0.05, 0) is 42.2 Å². The average molecular weight is 433 g/mol. The van der Waals surface area contributed by atoms with Crippen molar-refractivity contribution >= 4 is 17.4 Å². The topological polar surface area (TPSA) is 59.8 Å². The van der Waals surface area contributed by atoms with E-state index in [1.807, 2.05) is 53.6 Å². The zero-order valence-electron chi connectivity index (χ0n) is 18.4. The van der Waals surface area contributed by atoms with Gasteiger partial charge in [0.1, 0.15) is 12.3 Å². The van der Waals surface area contributed by atoms with Gasteiger partial charge in [-0.2, -0.15) is 5.10 Å². The normalized spacial score (nSPS) is 16.0. The maximum atomic E-state index is 13.3. The molecule has 1 fully saturated rings. The zero-order chi connectivity index (χ0) is 21.9. The van der Waals surface area contributed by atoms with E-state index in [2.05, 4.69) is 11.0 Å². The Morgan fingerprint density at radius 2 is 1.84 bits per heavy atom. The third-order valence-corrected chi connectivity index (χ3v) is 6.16. The largest absolute Gasteiger partial charge is 0.497 e. The maximum Gasteiger partial charge on any atom is 0.248 e. The highest BCUT2D eigenvalue weighted by Gasteiger charge is 2.25. The van der Waals surface area contributed by atoms with E-state index in [4.69, 9.17) is 14.6 Å². The molecule has 0 bridgehead atoms. The van der Waals surface area contributed by atoms with Gasteiger partial charge in [0.25, 0.3) is 0 Å². The number of hydrogen-bond donors (Lipinski definition) is 0. The SMILES string of the molecule is COc1ccc(-c2cn(CC(=O)N3CCCc4ccccc43)nc2N2CCOCC2)cc1. The van der Waals surface area contributed by atoms with Crippen LogP contribution in [0.4, 0.5) is 11.5 Å². The predicted octanol–water partition coefficient (Wildman–Crippen LogP) is 3.37. The summed E-state index contributed by atoms with van der Waals surface area (Å²) in [5.41, 5.74) is 4.33. The molecule has 0 atom stereocenters. The molecule has 0 N–H and O–H groups in total. The molecule has 5 rings (SSSR count). The summed E-state index contributed by atoms with van der Waals surface area (Å²) < 4.78 is 12.6. The number of para-hydroxylation sites is 1. The van der Waals surface area contributed by atoms with Gasteiger partial charge in [0.05, 0.1) is 20.3 Å². The van der Waals surface area contributed by atoms with Crippen LogP contribution >= 0.6 is 0 Å². The van der Waals surface area contributed by atoms with Crippen LogP contribution in [0.3, 0.4) is 0 Å². The van der Waals surface area contributed by atoms with Crippen LogP contribution in [0.25, 0.3) is 11.1 Å². The second-order valence-corrected chi connectivity index (χ2v) is 8.17. The Kier molecular flexibility index (Phi) is 5.81. The number of anilines is 2. The van der Waals surface area contributed by atoms with Gasteiger partial charge < -0.3 is 19.3 Å². The number of methoxy groups -OCH3 is 1. The fraction of sp³-hybridized carbons (Fsp3) is 0.360. The highest BCUT2D eigenvalue weighted by Crippen LogP contribution is 2.32. The minimum Gasteiger partial charge on any atom is -0.497 e. The Labute approximate surface area is 188 Å². The number of nitrogens with zero attached hydrogens (tertiary/aromatic N) is 4. The van der Waals surface area contributed by atoms with E-state index in [9.17, 15) is 4.79 Å². The summed E-state index contributed by atoms with van der Waals surface area (Å²) in [6.45, 7) is 3.89. The smallest absolute Gasteiger partial charge is 0.248 e. The third kappa shape index (κ3) is 4.08. The van der Waals surface area contributed by atoms with Crippen molar-refractivity contribution in [2.24, 2.45) is 0 Å². The van der Waals surface area contributed by atoms with Crippen LogP contribution in [0, 0.1) is 0 Å². The molecule has 7 nitrogen and oxygen atoms in total. The maximum absolute atomic E-state index is 13.3. The molecule has 3 heterocycles. The number of aryl methyl sites for hydroxylation is 1. The molecule has 1 saturated heterocycles. The number of ether oxygens (including phenoxy) is 2. The van der Waals surface area contributed by atoms with E-state index in [1.165, 1.54) is 5.56 Å². The summed E-state index contributed by atoms with van der Waals surface area (Å²) in [6.07, 6.45) is 3.99. The van der Waals surface area contributed by atoms with Crippen LogP contribution < -0.4 is 14.5 Å². The summed E-state index contributed by atoms with van der Waals surface area (Å²) >= 11 is 0. The molecule has 0 aliphatic carbocycles. The number of fused-ring (bicyclic) bond motifs is 1. The first-order valence-electron chi connectivity index (χ1n) is 11.2. The molecule has 0 saturated carbocycles. The molecule has 166 valence electrons. The van der Waals surface area contributed by atoms with Crippen molar-refractivity contribution in [3.05, 3.63) is 60.3 Å². The van der Waals surface area contributed by atoms with Gasteiger partial charge in [-0.15, -0.1) is 0 Å². The van der Waals surface area contributed by atoms with Crippen LogP contribution in [-0.2, 0) is 22.5 Å². The molecule has 0 spiro atoms. The van der Waals surface area contributed by atoms with Crippen LogP contribution in [-0.4, -0.2) is 55.6 Å². The Balaban J connectivity index is 1.44. The zero-order valence-corrected chi connectivity index (χ0v) is 18.4. The molecule has 2 aliphatic rings. The minimum atomic E-state index is 0.0643. The lowest BCUT2D eigenvalue weighted by atomic mass is 10.0. The van der Waals surface area contributed by atoms with Crippen molar-refractivity contribution in [2.45, 2.75) is 19.4 Å². The monoisotopic (exact) mass is 432 g/mol. The molecular formula is C25H28N4O3. The molecule has 0 radical (unpaired) electrons. The van der Waals surface area contributed by atoms with Gasteiger partial charge in [0.2, 0.25) is 5.91 Å². The van der Waals surface area contributed by atoms with Gasteiger partial charge in [-0.1, -0.05) is 30.3 Å². The van der Waals surface area contributed by atoms with Gasteiger partial charge in [-0.25, -0.2) is 0 Å². The minimum absolute atomic E-state index is 0.0643. The first-order chi connectivity index (χ1) is 15.7. The molecule has 7 heteroatoms. The van der Waals surface area contributed by atoms with Crippen LogP contribution in [0.2, 0.25) is 0 Å². The second-order valence-electron chi connectivity index (χ2n) is 8.17.